The smallest absolute Gasteiger partial charge is 0.305 e. The maximum atomic E-state index is 12.4. The second kappa shape index (κ2) is 59.6. The van der Waals surface area contributed by atoms with Crippen LogP contribution in [0.25, 0.3) is 0 Å². The third-order valence-corrected chi connectivity index (χ3v) is 14.4. The van der Waals surface area contributed by atoms with E-state index in [4.69, 9.17) is 4.74 Å². The molecule has 3 N–H and O–H groups in total. The molecule has 412 valence electrons. The summed E-state index contributed by atoms with van der Waals surface area (Å²) in [6.45, 7) is 4.87. The lowest BCUT2D eigenvalue weighted by molar-refractivity contribution is -0.143. The molecular formula is C64H121NO5. The van der Waals surface area contributed by atoms with Crippen molar-refractivity contribution in [3.63, 3.8) is 0 Å². The number of aliphatic hydroxyl groups excluding tert-OH is 2. The van der Waals surface area contributed by atoms with E-state index in [2.05, 4.69) is 43.5 Å². The van der Waals surface area contributed by atoms with E-state index in [1.807, 2.05) is 6.08 Å². The molecule has 0 rings (SSSR count). The van der Waals surface area contributed by atoms with E-state index in [0.29, 0.717) is 19.4 Å². The van der Waals surface area contributed by atoms with Crippen LogP contribution in [0.3, 0.4) is 0 Å². The standard InChI is InChI=1S/C64H121NO5/c1-3-5-7-9-11-13-15-16-17-28-32-35-38-42-46-50-54-58-64(69)70-59-55-51-47-43-39-36-33-30-27-25-23-21-19-18-20-22-24-26-29-31-34-37-41-45-49-53-57-63(68)65-61(60-66)62(67)56-52-48-44-40-14-12-10-8-6-4-2/h11,13,16-17,52,56,61-62,66-67H,3-10,12,14-15,18-51,53-55,57-60H2,1-2H3,(H,65,68)/b13-11-,17-16-,56-52+. The van der Waals surface area contributed by atoms with Gasteiger partial charge in [0.15, 0.2) is 0 Å². The molecule has 0 spiro atoms. The molecule has 0 aromatic rings. The Bertz CT molecular complexity index is 1130. The summed E-state index contributed by atoms with van der Waals surface area (Å²) in [7, 11) is 0. The fourth-order valence-corrected chi connectivity index (χ4v) is 9.61. The van der Waals surface area contributed by atoms with Crippen LogP contribution in [-0.4, -0.2) is 47.4 Å². The van der Waals surface area contributed by atoms with Crippen molar-refractivity contribution in [2.75, 3.05) is 13.2 Å². The predicted octanol–water partition coefficient (Wildman–Crippen LogP) is 19.6. The molecule has 0 heterocycles. The van der Waals surface area contributed by atoms with Crippen molar-refractivity contribution in [3.05, 3.63) is 36.5 Å². The van der Waals surface area contributed by atoms with Crippen LogP contribution >= 0.6 is 0 Å². The first-order valence-corrected chi connectivity index (χ1v) is 31.3. The van der Waals surface area contributed by atoms with Crippen LogP contribution in [0.15, 0.2) is 36.5 Å². The van der Waals surface area contributed by atoms with Crippen LogP contribution in [0.4, 0.5) is 0 Å². The highest BCUT2D eigenvalue weighted by Gasteiger charge is 2.18. The van der Waals surface area contributed by atoms with E-state index in [0.717, 1.165) is 51.4 Å². The van der Waals surface area contributed by atoms with Gasteiger partial charge in [-0.1, -0.05) is 294 Å². The number of carbonyl (C=O) groups is 2. The number of ether oxygens (including phenoxy) is 1. The van der Waals surface area contributed by atoms with Gasteiger partial charge in [-0.3, -0.25) is 9.59 Å². The summed E-state index contributed by atoms with van der Waals surface area (Å²) in [5, 5.41) is 23.0. The van der Waals surface area contributed by atoms with E-state index in [1.54, 1.807) is 6.08 Å². The van der Waals surface area contributed by atoms with Gasteiger partial charge < -0.3 is 20.3 Å². The molecule has 0 saturated carbocycles. The van der Waals surface area contributed by atoms with Crippen molar-refractivity contribution in [1.82, 2.24) is 5.32 Å². The van der Waals surface area contributed by atoms with E-state index < -0.39 is 12.1 Å². The number of hydrogen-bond donors (Lipinski definition) is 3. The fourth-order valence-electron chi connectivity index (χ4n) is 9.61. The topological polar surface area (TPSA) is 95.9 Å². The third-order valence-electron chi connectivity index (χ3n) is 14.4. The molecule has 2 unspecified atom stereocenters. The number of aliphatic hydroxyl groups is 2. The number of carbonyl (C=O) groups excluding carboxylic acids is 2. The van der Waals surface area contributed by atoms with E-state index >= 15 is 0 Å². The Hall–Kier alpha value is -1.92. The van der Waals surface area contributed by atoms with Gasteiger partial charge in [-0.2, -0.15) is 0 Å². The van der Waals surface area contributed by atoms with Gasteiger partial charge in [-0.25, -0.2) is 0 Å². The molecule has 6 heteroatoms. The number of allylic oxidation sites excluding steroid dienone is 5. The van der Waals surface area contributed by atoms with E-state index in [1.165, 1.54) is 257 Å². The Labute approximate surface area is 436 Å². The maximum absolute atomic E-state index is 12.4. The van der Waals surface area contributed by atoms with Crippen molar-refractivity contribution in [1.29, 1.82) is 0 Å². The fraction of sp³-hybridized carbons (Fsp3) is 0.875. The number of amides is 1. The highest BCUT2D eigenvalue weighted by atomic mass is 16.5. The minimum atomic E-state index is -0.841. The first-order valence-electron chi connectivity index (χ1n) is 31.3. The lowest BCUT2D eigenvalue weighted by atomic mass is 10.0. The molecule has 0 aliphatic heterocycles. The summed E-state index contributed by atoms with van der Waals surface area (Å²) in [6, 6.07) is -0.624. The summed E-state index contributed by atoms with van der Waals surface area (Å²) in [6.07, 6.45) is 74.8. The highest BCUT2D eigenvalue weighted by molar-refractivity contribution is 5.76. The molecule has 0 aliphatic rings. The zero-order chi connectivity index (χ0) is 50.7. The normalized spacial score (nSPS) is 12.8. The molecule has 0 bridgehead atoms. The van der Waals surface area contributed by atoms with Crippen LogP contribution in [-0.2, 0) is 14.3 Å². The van der Waals surface area contributed by atoms with Gasteiger partial charge >= 0.3 is 5.97 Å². The Kier molecular flexibility index (Phi) is 58.0. The SMILES string of the molecule is CCCCC/C=C\C/C=C\CCCCCCCCCC(=O)OCCCCCCCCCCCCCCCCCCCCCCCCCCCCC(=O)NC(CO)C(O)/C=C/CCCCCCCCCC. The second-order valence-corrected chi connectivity index (χ2v) is 21.4. The number of nitrogens with one attached hydrogen (secondary N) is 1. The Morgan fingerprint density at radius 3 is 1.11 bits per heavy atom. The lowest BCUT2D eigenvalue weighted by Crippen LogP contribution is -2.45. The summed E-state index contributed by atoms with van der Waals surface area (Å²) in [5.41, 5.74) is 0. The average Bonchev–Trinajstić information content (AvgIpc) is 3.36. The Morgan fingerprint density at radius 2 is 0.714 bits per heavy atom. The molecule has 0 aliphatic carbocycles. The van der Waals surface area contributed by atoms with Crippen LogP contribution in [0.1, 0.15) is 335 Å². The van der Waals surface area contributed by atoms with E-state index in [-0.39, 0.29) is 18.5 Å². The minimum Gasteiger partial charge on any atom is -0.466 e. The number of esters is 1. The van der Waals surface area contributed by atoms with Gasteiger partial charge in [0.1, 0.15) is 0 Å². The Balaban J connectivity index is 3.34. The summed E-state index contributed by atoms with van der Waals surface area (Å²) >= 11 is 0. The van der Waals surface area contributed by atoms with Crippen molar-refractivity contribution in [2.24, 2.45) is 0 Å². The highest BCUT2D eigenvalue weighted by Crippen LogP contribution is 2.18. The minimum absolute atomic E-state index is 0.00895. The van der Waals surface area contributed by atoms with Gasteiger partial charge in [0, 0.05) is 12.8 Å². The molecule has 0 radical (unpaired) electrons. The zero-order valence-corrected chi connectivity index (χ0v) is 47.0. The lowest BCUT2D eigenvalue weighted by Gasteiger charge is -2.20. The number of unbranched alkanes of at least 4 members (excludes halogenated alkanes) is 43. The van der Waals surface area contributed by atoms with Gasteiger partial charge in [-0.15, -0.1) is 0 Å². The van der Waals surface area contributed by atoms with Gasteiger partial charge in [-0.05, 0) is 64.2 Å². The Morgan fingerprint density at radius 1 is 0.400 bits per heavy atom. The molecule has 0 aromatic heterocycles. The molecule has 0 aromatic carbocycles. The first-order chi connectivity index (χ1) is 34.5. The van der Waals surface area contributed by atoms with Crippen molar-refractivity contribution in [2.45, 2.75) is 347 Å². The summed E-state index contributed by atoms with van der Waals surface area (Å²) in [5.74, 6) is -0.0582. The molecule has 70 heavy (non-hydrogen) atoms. The number of hydrogen-bond acceptors (Lipinski definition) is 5. The van der Waals surface area contributed by atoms with Crippen LogP contribution in [0.5, 0.6) is 0 Å². The molecule has 2 atom stereocenters. The largest absolute Gasteiger partial charge is 0.466 e. The van der Waals surface area contributed by atoms with Crippen LogP contribution in [0, 0.1) is 0 Å². The molecule has 0 fully saturated rings. The summed E-state index contributed by atoms with van der Waals surface area (Å²) < 4.78 is 5.49. The van der Waals surface area contributed by atoms with Crippen LogP contribution in [0.2, 0.25) is 0 Å². The monoisotopic (exact) mass is 984 g/mol. The van der Waals surface area contributed by atoms with Gasteiger partial charge in [0.05, 0.1) is 25.4 Å². The van der Waals surface area contributed by atoms with Gasteiger partial charge in [0.2, 0.25) is 5.91 Å². The quantitative estimate of drug-likeness (QED) is 0.0321. The maximum Gasteiger partial charge on any atom is 0.305 e. The molecule has 0 saturated heterocycles. The zero-order valence-electron chi connectivity index (χ0n) is 47.0. The van der Waals surface area contributed by atoms with Crippen LogP contribution < -0.4 is 5.32 Å². The first kappa shape index (κ1) is 68.1. The van der Waals surface area contributed by atoms with Gasteiger partial charge in [0.25, 0.3) is 0 Å². The molecule has 6 nitrogen and oxygen atoms in total. The van der Waals surface area contributed by atoms with Crippen molar-refractivity contribution < 1.29 is 24.5 Å². The predicted molar refractivity (Wildman–Crippen MR) is 306 cm³/mol. The van der Waals surface area contributed by atoms with Crippen molar-refractivity contribution >= 4 is 11.9 Å². The molecule has 1 amide bonds. The third kappa shape index (κ3) is 55.4. The summed E-state index contributed by atoms with van der Waals surface area (Å²) in [4.78, 5) is 24.5. The second-order valence-electron chi connectivity index (χ2n) is 21.4. The number of rotatable bonds is 58. The average molecular weight is 985 g/mol. The molecular weight excluding hydrogens is 863 g/mol. The van der Waals surface area contributed by atoms with Crippen molar-refractivity contribution in [3.8, 4) is 0 Å². The van der Waals surface area contributed by atoms with E-state index in [9.17, 15) is 19.8 Å².